The van der Waals surface area contributed by atoms with Crippen LogP contribution in [0.3, 0.4) is 0 Å². The summed E-state index contributed by atoms with van der Waals surface area (Å²) in [5.41, 5.74) is 0. The topological polar surface area (TPSA) is 34.1 Å². The zero-order valence-electron chi connectivity index (χ0n) is 3.73. The minimum atomic E-state index is -2.51. The Kier molecular flexibility index (Phi) is 28.1. The molecular weight excluding hydrogens is 300 g/mol. The normalized spacial score (nSPS) is 4.33. The van der Waals surface area contributed by atoms with Crippen molar-refractivity contribution in [3.05, 3.63) is 6.92 Å². The first-order chi connectivity index (χ1) is 2.83. The molecule has 0 rings (SSSR count). The molecule has 2 nitrogen and oxygen atoms in total. The summed E-state index contributed by atoms with van der Waals surface area (Å²) in [4.78, 5) is 0. The molecular formula is C3H7O2Th-. The van der Waals surface area contributed by atoms with Crippen LogP contribution in [0, 0.1) is 43.0 Å². The predicted molar refractivity (Wildman–Crippen MR) is 17.0 cm³/mol. The van der Waals surface area contributed by atoms with E-state index >= 15 is 0 Å². The molecule has 0 aromatic rings. The van der Waals surface area contributed by atoms with Gasteiger partial charge in [0, 0.05) is 0 Å². The van der Waals surface area contributed by atoms with E-state index < -0.39 is 36.1 Å². The third-order valence-electron chi connectivity index (χ3n) is 0. The summed E-state index contributed by atoms with van der Waals surface area (Å²) in [7, 11) is 0. The van der Waals surface area contributed by atoms with Gasteiger partial charge in [0.1, 0.15) is 0 Å². The second-order valence-corrected chi connectivity index (χ2v) is 1.27. The SMILES string of the molecule is [CH2-]CC.[O]=[Th]=[O]. The second-order valence-electron chi connectivity index (χ2n) is 0.583. The molecule has 0 aliphatic heterocycles. The average Bonchev–Trinajstić information content (AvgIpc) is 1.39. The minimum absolute atomic E-state index is 1.00. The van der Waals surface area contributed by atoms with Crippen molar-refractivity contribution in [3.63, 3.8) is 0 Å². The van der Waals surface area contributed by atoms with Gasteiger partial charge >= 0.3 is 38.4 Å². The molecule has 0 unspecified atom stereocenters. The summed E-state index contributed by atoms with van der Waals surface area (Å²) < 4.78 is 17.2. The van der Waals surface area contributed by atoms with Crippen molar-refractivity contribution in [1.82, 2.24) is 0 Å². The Morgan fingerprint density at radius 3 is 1.67 bits per heavy atom. The van der Waals surface area contributed by atoms with Crippen molar-refractivity contribution in [2.75, 3.05) is 0 Å². The van der Waals surface area contributed by atoms with Gasteiger partial charge in [-0.25, -0.2) is 0 Å². The van der Waals surface area contributed by atoms with Crippen LogP contribution in [0.5, 0.6) is 0 Å². The van der Waals surface area contributed by atoms with Crippen molar-refractivity contribution in [2.45, 2.75) is 13.3 Å². The zero-order chi connectivity index (χ0) is 5.41. The second kappa shape index (κ2) is 16.8. The van der Waals surface area contributed by atoms with Gasteiger partial charge in [0.2, 0.25) is 0 Å². The fourth-order valence-corrected chi connectivity index (χ4v) is 0. The molecule has 3 heteroatoms. The van der Waals surface area contributed by atoms with Gasteiger partial charge in [0.25, 0.3) is 0 Å². The van der Waals surface area contributed by atoms with E-state index in [1.807, 2.05) is 6.92 Å². The first-order valence-electron chi connectivity index (χ1n) is 1.62. The summed E-state index contributed by atoms with van der Waals surface area (Å²) in [6.45, 7) is 5.50. The molecule has 36 valence electrons. The van der Waals surface area contributed by atoms with Crippen LogP contribution in [-0.2, 0) is 2.32 Å². The Bertz CT molecular complexity index is 38.1. The van der Waals surface area contributed by atoms with Crippen LogP contribution in [0.4, 0.5) is 0 Å². The van der Waals surface area contributed by atoms with Crippen LogP contribution in [0.2, 0.25) is 0 Å². The Balaban J connectivity index is 0. The van der Waals surface area contributed by atoms with Crippen molar-refractivity contribution >= 4 is 0 Å². The van der Waals surface area contributed by atoms with Crippen LogP contribution < -0.4 is 0 Å². The predicted octanol–water partition coefficient (Wildman–Crippen LogP) is 0.993. The van der Waals surface area contributed by atoms with Crippen LogP contribution in [0.15, 0.2) is 0 Å². The molecule has 0 aromatic heterocycles. The molecule has 0 spiro atoms. The summed E-state index contributed by atoms with van der Waals surface area (Å²) in [5, 5.41) is 0. The standard InChI is InChI=1S/C3H7.2O.Th/c1-3-2;;;/h1,3H2,2H3;;;/q-1;;;. The van der Waals surface area contributed by atoms with E-state index in [1.165, 1.54) is 0 Å². The van der Waals surface area contributed by atoms with Crippen LogP contribution in [0.25, 0.3) is 0 Å². The summed E-state index contributed by atoms with van der Waals surface area (Å²) in [6, 6.07) is 0. The molecule has 0 saturated carbocycles. The molecule has 0 aliphatic carbocycles. The van der Waals surface area contributed by atoms with Gasteiger partial charge in [-0.2, -0.15) is 6.42 Å². The Morgan fingerprint density at radius 1 is 1.67 bits per heavy atom. The first-order valence-corrected chi connectivity index (χ1v) is 4.97. The van der Waals surface area contributed by atoms with Crippen molar-refractivity contribution < 1.29 is 38.4 Å². The van der Waals surface area contributed by atoms with Gasteiger partial charge in [-0.05, 0) is 0 Å². The van der Waals surface area contributed by atoms with Crippen LogP contribution >= 0.6 is 0 Å². The number of hydrogen-bond donors (Lipinski definition) is 0. The van der Waals surface area contributed by atoms with E-state index in [0.717, 1.165) is 6.42 Å². The van der Waals surface area contributed by atoms with E-state index in [2.05, 4.69) is 6.92 Å². The molecule has 0 bridgehead atoms. The van der Waals surface area contributed by atoms with Crippen LogP contribution in [-0.4, -0.2) is 0 Å². The van der Waals surface area contributed by atoms with Crippen LogP contribution in [0.1, 0.15) is 13.3 Å². The van der Waals surface area contributed by atoms with Gasteiger partial charge in [0.05, 0.1) is 0 Å². The zero-order valence-corrected chi connectivity index (χ0v) is 7.84. The van der Waals surface area contributed by atoms with Crippen molar-refractivity contribution in [1.29, 1.82) is 0 Å². The monoisotopic (exact) mass is 307 g/mol. The quantitative estimate of drug-likeness (QED) is 0.626. The Morgan fingerprint density at radius 2 is 1.67 bits per heavy atom. The number of hydrogen-bond acceptors (Lipinski definition) is 2. The molecule has 0 N–H and O–H groups in total. The molecule has 0 saturated heterocycles. The van der Waals surface area contributed by atoms with E-state index in [9.17, 15) is 0 Å². The average molecular weight is 307 g/mol. The van der Waals surface area contributed by atoms with Crippen molar-refractivity contribution in [2.24, 2.45) is 0 Å². The van der Waals surface area contributed by atoms with Crippen molar-refractivity contribution in [3.8, 4) is 0 Å². The van der Waals surface area contributed by atoms with E-state index in [4.69, 9.17) is 2.32 Å². The Labute approximate surface area is 58.1 Å². The van der Waals surface area contributed by atoms with Gasteiger partial charge < -0.3 is 6.92 Å². The third kappa shape index (κ3) is 88.7. The van der Waals surface area contributed by atoms with Gasteiger partial charge in [-0.1, -0.05) is 6.92 Å². The van der Waals surface area contributed by atoms with Gasteiger partial charge in [-0.3, -0.25) is 0 Å². The molecule has 0 heterocycles. The maximum atomic E-state index is 8.58. The molecule has 0 aliphatic rings. The summed E-state index contributed by atoms with van der Waals surface area (Å²) in [6.07, 6.45) is 1.00. The molecule has 0 aromatic carbocycles. The third-order valence-corrected chi connectivity index (χ3v) is 0. The fourth-order valence-electron chi connectivity index (χ4n) is 0. The van der Waals surface area contributed by atoms with E-state index in [1.54, 1.807) is 0 Å². The summed E-state index contributed by atoms with van der Waals surface area (Å²) in [5.74, 6) is 0. The van der Waals surface area contributed by atoms with Gasteiger partial charge in [0.15, 0.2) is 0 Å². The Hall–Kier alpha value is 0.925. The molecule has 6 heavy (non-hydrogen) atoms. The molecule has 0 fully saturated rings. The summed E-state index contributed by atoms with van der Waals surface area (Å²) >= 11 is -2.51. The van der Waals surface area contributed by atoms with Gasteiger partial charge in [-0.15, -0.1) is 0 Å². The fraction of sp³-hybridized carbons (Fsp3) is 0.667. The first kappa shape index (κ1) is 10.0. The molecule has 0 atom stereocenters. The molecule has 0 radical (unpaired) electrons. The number of rotatable bonds is 0. The maximum absolute atomic E-state index is 8.58. The van der Waals surface area contributed by atoms with E-state index in [0.29, 0.717) is 0 Å². The molecule has 0 amide bonds. The van der Waals surface area contributed by atoms with E-state index in [-0.39, 0.29) is 0 Å².